The van der Waals surface area contributed by atoms with E-state index in [-0.39, 0.29) is 0 Å². The molecular formula is C13H21ClOSi. The van der Waals surface area contributed by atoms with Gasteiger partial charge >= 0.3 is 0 Å². The first-order chi connectivity index (χ1) is 7.63. The summed E-state index contributed by atoms with van der Waals surface area (Å²) in [6, 6.07) is 10.5. The maximum absolute atomic E-state index is 6.43. The molecule has 0 saturated carbocycles. The molecule has 0 heterocycles. The van der Waals surface area contributed by atoms with E-state index in [2.05, 4.69) is 45.0 Å². The van der Waals surface area contributed by atoms with Gasteiger partial charge in [0.25, 0.3) is 7.63 Å². The van der Waals surface area contributed by atoms with Gasteiger partial charge in [0.1, 0.15) is 0 Å². The van der Waals surface area contributed by atoms with E-state index in [1.165, 1.54) is 11.1 Å². The van der Waals surface area contributed by atoms with Crippen LogP contribution in [0.15, 0.2) is 24.3 Å². The summed E-state index contributed by atoms with van der Waals surface area (Å²) in [6.45, 7) is 7.05. The zero-order chi connectivity index (χ0) is 12.0. The highest BCUT2D eigenvalue weighted by Crippen LogP contribution is 2.23. The second-order valence-corrected chi connectivity index (χ2v) is 9.58. The smallest absolute Gasteiger partial charge is 0.289 e. The van der Waals surface area contributed by atoms with Crippen LogP contribution >= 0.6 is 11.1 Å². The van der Waals surface area contributed by atoms with Crippen LogP contribution in [0, 0.1) is 0 Å². The molecule has 0 bridgehead atoms. The molecule has 0 N–H and O–H groups in total. The number of aryl methyl sites for hydroxylation is 1. The molecule has 1 aromatic carbocycles. The Hall–Kier alpha value is -0.313. The van der Waals surface area contributed by atoms with Crippen LogP contribution in [-0.4, -0.2) is 7.63 Å². The van der Waals surface area contributed by atoms with Crippen molar-refractivity contribution in [1.82, 2.24) is 0 Å². The third-order valence-electron chi connectivity index (χ3n) is 2.98. The Balaban J connectivity index is 2.54. The zero-order valence-corrected chi connectivity index (χ0v) is 12.2. The van der Waals surface area contributed by atoms with E-state index in [1.54, 1.807) is 0 Å². The van der Waals surface area contributed by atoms with Gasteiger partial charge in [-0.1, -0.05) is 45.0 Å². The summed E-state index contributed by atoms with van der Waals surface area (Å²) in [5.74, 6) is 0. The lowest BCUT2D eigenvalue weighted by Gasteiger charge is -2.21. The van der Waals surface area contributed by atoms with Gasteiger partial charge in [0.2, 0.25) is 0 Å². The van der Waals surface area contributed by atoms with Crippen LogP contribution in [0.1, 0.15) is 31.9 Å². The minimum atomic E-state index is -1.93. The molecule has 0 radical (unpaired) electrons. The molecule has 0 aliphatic carbocycles. The number of hydrogen-bond acceptors (Lipinski definition) is 1. The van der Waals surface area contributed by atoms with E-state index in [9.17, 15) is 0 Å². The highest BCUT2D eigenvalue weighted by Gasteiger charge is 2.27. The fraction of sp³-hybridized carbons (Fsp3) is 0.538. The van der Waals surface area contributed by atoms with Crippen molar-refractivity contribution in [2.45, 2.75) is 45.9 Å². The van der Waals surface area contributed by atoms with Crippen LogP contribution in [0.3, 0.4) is 0 Å². The van der Waals surface area contributed by atoms with Gasteiger partial charge in [-0.25, -0.2) is 0 Å². The Bertz CT molecular complexity index is 306. The van der Waals surface area contributed by atoms with Gasteiger partial charge in [0.05, 0.1) is 6.61 Å². The summed E-state index contributed by atoms with van der Waals surface area (Å²) in [7, 11) is -1.93. The van der Waals surface area contributed by atoms with E-state index < -0.39 is 7.63 Å². The van der Waals surface area contributed by atoms with Crippen LogP contribution in [0.2, 0.25) is 12.1 Å². The first-order valence-electron chi connectivity index (χ1n) is 6.04. The predicted molar refractivity (Wildman–Crippen MR) is 73.2 cm³/mol. The monoisotopic (exact) mass is 256 g/mol. The standard InChI is InChI=1S/C13H21ClOSi/c1-4-12-7-9-13(10-8-12)11-15-16(14,5-2)6-3/h7-10H,4-6,11H2,1-3H3. The maximum atomic E-state index is 6.43. The minimum absolute atomic E-state index is 0.654. The van der Waals surface area contributed by atoms with Crippen LogP contribution < -0.4 is 0 Å². The number of rotatable bonds is 6. The highest BCUT2D eigenvalue weighted by molar-refractivity contribution is 7.16. The van der Waals surface area contributed by atoms with Gasteiger partial charge in [0.15, 0.2) is 0 Å². The summed E-state index contributed by atoms with van der Waals surface area (Å²) in [5.41, 5.74) is 2.58. The molecule has 0 unspecified atom stereocenters. The Kier molecular flexibility index (Phi) is 5.53. The molecule has 0 aromatic heterocycles. The zero-order valence-electron chi connectivity index (χ0n) is 10.4. The van der Waals surface area contributed by atoms with E-state index in [4.69, 9.17) is 15.5 Å². The maximum Gasteiger partial charge on any atom is 0.289 e. The molecule has 1 aromatic rings. The molecule has 1 nitrogen and oxygen atoms in total. The van der Waals surface area contributed by atoms with Crippen molar-refractivity contribution in [2.75, 3.05) is 0 Å². The number of halogens is 1. The molecule has 0 amide bonds. The molecule has 0 saturated heterocycles. The van der Waals surface area contributed by atoms with Crippen LogP contribution in [0.25, 0.3) is 0 Å². The Labute approximate surface area is 105 Å². The summed E-state index contributed by atoms with van der Waals surface area (Å²) < 4.78 is 5.89. The van der Waals surface area contributed by atoms with Crippen LogP contribution in [0.5, 0.6) is 0 Å². The lowest BCUT2D eigenvalue weighted by Crippen LogP contribution is -2.29. The first kappa shape index (κ1) is 13.8. The Morgan fingerprint density at radius 3 is 1.94 bits per heavy atom. The lowest BCUT2D eigenvalue weighted by atomic mass is 10.1. The van der Waals surface area contributed by atoms with Crippen molar-refractivity contribution in [3.05, 3.63) is 35.4 Å². The van der Waals surface area contributed by atoms with E-state index in [0.717, 1.165) is 18.5 Å². The average molecular weight is 257 g/mol. The summed E-state index contributed by atoms with van der Waals surface area (Å²) >= 11 is 6.43. The fourth-order valence-corrected chi connectivity index (χ4v) is 3.04. The normalized spacial score (nSPS) is 11.8. The van der Waals surface area contributed by atoms with E-state index in [1.807, 2.05) is 0 Å². The quantitative estimate of drug-likeness (QED) is 0.538. The molecule has 0 aliphatic heterocycles. The molecule has 0 fully saturated rings. The SMILES string of the molecule is CCc1ccc(CO[Si](Cl)(CC)CC)cc1. The van der Waals surface area contributed by atoms with Gasteiger partial charge in [-0.2, -0.15) is 0 Å². The van der Waals surface area contributed by atoms with Gasteiger partial charge in [-0.3, -0.25) is 0 Å². The number of hydrogen-bond donors (Lipinski definition) is 0. The van der Waals surface area contributed by atoms with Crippen LogP contribution in [0.4, 0.5) is 0 Å². The molecule has 3 heteroatoms. The van der Waals surface area contributed by atoms with Crippen molar-refractivity contribution in [3.63, 3.8) is 0 Å². The molecule has 90 valence electrons. The van der Waals surface area contributed by atoms with Gasteiger partial charge in [-0.15, -0.1) is 11.1 Å². The topological polar surface area (TPSA) is 9.23 Å². The minimum Gasteiger partial charge on any atom is -0.399 e. The van der Waals surface area contributed by atoms with Crippen molar-refractivity contribution in [2.24, 2.45) is 0 Å². The fourth-order valence-electron chi connectivity index (χ4n) is 1.54. The van der Waals surface area contributed by atoms with Gasteiger partial charge in [0, 0.05) is 0 Å². The molecule has 0 spiro atoms. The molecular weight excluding hydrogens is 236 g/mol. The van der Waals surface area contributed by atoms with Crippen molar-refractivity contribution in [3.8, 4) is 0 Å². The molecule has 1 rings (SSSR count). The van der Waals surface area contributed by atoms with Gasteiger partial charge < -0.3 is 4.43 Å². The van der Waals surface area contributed by atoms with Crippen molar-refractivity contribution >= 4 is 18.7 Å². The molecule has 0 aliphatic rings. The number of benzene rings is 1. The third kappa shape index (κ3) is 3.93. The largest absolute Gasteiger partial charge is 0.399 e. The van der Waals surface area contributed by atoms with E-state index >= 15 is 0 Å². The van der Waals surface area contributed by atoms with Gasteiger partial charge in [-0.05, 0) is 29.6 Å². The third-order valence-corrected chi connectivity index (χ3v) is 7.69. The van der Waals surface area contributed by atoms with Crippen molar-refractivity contribution in [1.29, 1.82) is 0 Å². The Morgan fingerprint density at radius 1 is 1.00 bits per heavy atom. The second kappa shape index (κ2) is 6.43. The average Bonchev–Trinajstić information content (AvgIpc) is 2.36. The summed E-state index contributed by atoms with van der Waals surface area (Å²) in [4.78, 5) is 0. The second-order valence-electron chi connectivity index (χ2n) is 4.05. The Morgan fingerprint density at radius 2 is 1.50 bits per heavy atom. The molecule has 0 atom stereocenters. The van der Waals surface area contributed by atoms with Crippen LogP contribution in [-0.2, 0) is 17.5 Å². The van der Waals surface area contributed by atoms with Crippen molar-refractivity contribution < 1.29 is 4.43 Å². The predicted octanol–water partition coefficient (Wildman–Crippen LogP) is 4.49. The summed E-state index contributed by atoms with van der Waals surface area (Å²) in [5, 5.41) is 0. The lowest BCUT2D eigenvalue weighted by molar-refractivity contribution is 0.301. The highest BCUT2D eigenvalue weighted by atomic mass is 35.6. The van der Waals surface area contributed by atoms with E-state index in [0.29, 0.717) is 6.61 Å². The summed E-state index contributed by atoms with van der Waals surface area (Å²) in [6.07, 6.45) is 1.08. The first-order valence-corrected chi connectivity index (χ1v) is 9.37. The molecule has 16 heavy (non-hydrogen) atoms.